The standard InChI is InChI=1S/C21H21Cl2N3O5/c1-3-30-21(29)13(2)31-16-7-4-14(5-8-16)12-24-26-20(28)11-19(27)25-15-6-9-17(22)18(23)10-15/h4-10,12-13H,3,11H2,1-2H3,(H,25,27)(H,26,28). The van der Waals surface area contributed by atoms with Crippen molar-refractivity contribution < 1.29 is 23.9 Å². The number of hydrogen-bond donors (Lipinski definition) is 2. The maximum Gasteiger partial charge on any atom is 0.347 e. The van der Waals surface area contributed by atoms with E-state index in [1.807, 2.05) is 0 Å². The number of halogens is 2. The summed E-state index contributed by atoms with van der Waals surface area (Å²) in [7, 11) is 0. The molecule has 0 heterocycles. The van der Waals surface area contributed by atoms with Crippen molar-refractivity contribution in [3.63, 3.8) is 0 Å². The van der Waals surface area contributed by atoms with Crippen molar-refractivity contribution in [2.75, 3.05) is 11.9 Å². The van der Waals surface area contributed by atoms with E-state index in [0.717, 1.165) is 0 Å². The van der Waals surface area contributed by atoms with Crippen molar-refractivity contribution >= 4 is 52.9 Å². The van der Waals surface area contributed by atoms with Gasteiger partial charge in [-0.05, 0) is 61.9 Å². The minimum absolute atomic E-state index is 0.283. The fourth-order valence-corrected chi connectivity index (χ4v) is 2.59. The Labute approximate surface area is 189 Å². The van der Waals surface area contributed by atoms with E-state index in [-0.39, 0.29) is 6.61 Å². The van der Waals surface area contributed by atoms with Gasteiger partial charge in [-0.1, -0.05) is 23.2 Å². The summed E-state index contributed by atoms with van der Waals surface area (Å²) in [4.78, 5) is 35.3. The molecule has 2 rings (SSSR count). The highest BCUT2D eigenvalue weighted by Crippen LogP contribution is 2.25. The molecule has 2 aromatic carbocycles. The molecular weight excluding hydrogens is 445 g/mol. The minimum atomic E-state index is -0.728. The number of rotatable bonds is 9. The SMILES string of the molecule is CCOC(=O)C(C)Oc1ccc(C=NNC(=O)CC(=O)Nc2ccc(Cl)c(Cl)c2)cc1. The van der Waals surface area contributed by atoms with Gasteiger partial charge in [0.25, 0.3) is 0 Å². The Kier molecular flexibility index (Phi) is 9.30. The number of nitrogens with zero attached hydrogens (tertiary/aromatic N) is 1. The number of amides is 2. The molecular formula is C21H21Cl2N3O5. The Morgan fingerprint density at radius 2 is 1.77 bits per heavy atom. The van der Waals surface area contributed by atoms with Crippen molar-refractivity contribution in [2.24, 2.45) is 5.10 Å². The molecule has 8 nitrogen and oxygen atoms in total. The zero-order chi connectivity index (χ0) is 22.8. The van der Waals surface area contributed by atoms with E-state index in [1.165, 1.54) is 18.3 Å². The molecule has 0 fully saturated rings. The van der Waals surface area contributed by atoms with Gasteiger partial charge in [0.1, 0.15) is 12.2 Å². The van der Waals surface area contributed by atoms with Crippen LogP contribution < -0.4 is 15.5 Å². The third-order valence-electron chi connectivity index (χ3n) is 3.74. The van der Waals surface area contributed by atoms with Gasteiger partial charge in [0, 0.05) is 5.69 Å². The van der Waals surface area contributed by atoms with E-state index < -0.39 is 30.3 Å². The third kappa shape index (κ3) is 8.27. The van der Waals surface area contributed by atoms with Crippen LogP contribution in [0.2, 0.25) is 10.0 Å². The van der Waals surface area contributed by atoms with Crippen LogP contribution >= 0.6 is 23.2 Å². The van der Waals surface area contributed by atoms with Crippen LogP contribution in [0.15, 0.2) is 47.6 Å². The fourth-order valence-electron chi connectivity index (χ4n) is 2.29. The van der Waals surface area contributed by atoms with Gasteiger partial charge >= 0.3 is 5.97 Å². The zero-order valence-corrected chi connectivity index (χ0v) is 18.4. The van der Waals surface area contributed by atoms with Crippen LogP contribution in [0.3, 0.4) is 0 Å². The molecule has 164 valence electrons. The second-order valence-corrected chi connectivity index (χ2v) is 7.04. The number of anilines is 1. The first kappa shape index (κ1) is 24.2. The number of ether oxygens (including phenoxy) is 2. The molecule has 2 aromatic rings. The van der Waals surface area contributed by atoms with E-state index in [0.29, 0.717) is 27.0 Å². The summed E-state index contributed by atoms with van der Waals surface area (Å²) in [5, 5.41) is 7.01. The van der Waals surface area contributed by atoms with Crippen LogP contribution in [0.4, 0.5) is 5.69 Å². The molecule has 31 heavy (non-hydrogen) atoms. The lowest BCUT2D eigenvalue weighted by Crippen LogP contribution is -2.26. The van der Waals surface area contributed by atoms with Gasteiger partial charge < -0.3 is 14.8 Å². The van der Waals surface area contributed by atoms with Crippen molar-refractivity contribution in [1.82, 2.24) is 5.43 Å². The normalized spacial score (nSPS) is 11.6. The predicted molar refractivity (Wildman–Crippen MR) is 119 cm³/mol. The molecule has 0 bridgehead atoms. The van der Waals surface area contributed by atoms with Gasteiger partial charge in [0.2, 0.25) is 11.8 Å². The summed E-state index contributed by atoms with van der Waals surface area (Å²) in [6.07, 6.45) is 0.262. The molecule has 2 amide bonds. The second-order valence-electron chi connectivity index (χ2n) is 6.23. The summed E-state index contributed by atoms with van der Waals surface area (Å²) in [6, 6.07) is 11.3. The largest absolute Gasteiger partial charge is 0.479 e. The van der Waals surface area contributed by atoms with Crippen LogP contribution in [-0.2, 0) is 19.1 Å². The Bertz CT molecular complexity index is 964. The van der Waals surface area contributed by atoms with Gasteiger partial charge in [-0.3, -0.25) is 9.59 Å². The number of carbonyl (C=O) groups excluding carboxylic acids is 3. The van der Waals surface area contributed by atoms with Crippen LogP contribution in [0, 0.1) is 0 Å². The molecule has 0 aromatic heterocycles. The van der Waals surface area contributed by atoms with Gasteiger partial charge in [-0.25, -0.2) is 10.2 Å². The smallest absolute Gasteiger partial charge is 0.347 e. The molecule has 0 radical (unpaired) electrons. The lowest BCUT2D eigenvalue weighted by Gasteiger charge is -2.13. The van der Waals surface area contributed by atoms with Crippen molar-refractivity contribution in [2.45, 2.75) is 26.4 Å². The molecule has 0 aliphatic carbocycles. The van der Waals surface area contributed by atoms with Gasteiger partial charge in [-0.15, -0.1) is 0 Å². The Hall–Kier alpha value is -3.10. The lowest BCUT2D eigenvalue weighted by molar-refractivity contribution is -0.150. The predicted octanol–water partition coefficient (Wildman–Crippen LogP) is 3.80. The monoisotopic (exact) mass is 465 g/mol. The van der Waals surface area contributed by atoms with Crippen LogP contribution in [-0.4, -0.2) is 36.7 Å². The Balaban J connectivity index is 1.79. The number of nitrogens with one attached hydrogen (secondary N) is 2. The highest BCUT2D eigenvalue weighted by atomic mass is 35.5. The van der Waals surface area contributed by atoms with Crippen LogP contribution in [0.1, 0.15) is 25.8 Å². The summed E-state index contributed by atoms with van der Waals surface area (Å²) in [5.41, 5.74) is 3.38. The van der Waals surface area contributed by atoms with Crippen LogP contribution in [0.25, 0.3) is 0 Å². The average Bonchev–Trinajstić information content (AvgIpc) is 2.72. The maximum atomic E-state index is 11.9. The van der Waals surface area contributed by atoms with E-state index in [4.69, 9.17) is 32.7 Å². The zero-order valence-electron chi connectivity index (χ0n) is 16.9. The van der Waals surface area contributed by atoms with Crippen LogP contribution in [0.5, 0.6) is 5.75 Å². The molecule has 1 unspecified atom stereocenters. The molecule has 10 heteroatoms. The summed E-state index contributed by atoms with van der Waals surface area (Å²) in [6.45, 7) is 3.60. The molecule has 1 atom stereocenters. The lowest BCUT2D eigenvalue weighted by atomic mass is 10.2. The molecule has 0 saturated heterocycles. The van der Waals surface area contributed by atoms with E-state index in [9.17, 15) is 14.4 Å². The molecule has 2 N–H and O–H groups in total. The summed E-state index contributed by atoms with van der Waals surface area (Å²) in [5.74, 6) is -1.07. The Morgan fingerprint density at radius 3 is 2.42 bits per heavy atom. The third-order valence-corrected chi connectivity index (χ3v) is 4.48. The first-order chi connectivity index (χ1) is 14.8. The fraction of sp³-hybridized carbons (Fsp3) is 0.238. The summed E-state index contributed by atoms with van der Waals surface area (Å²) >= 11 is 11.7. The molecule has 0 aliphatic rings. The van der Waals surface area contributed by atoms with Gasteiger partial charge in [0.15, 0.2) is 6.10 Å². The molecule has 0 saturated carbocycles. The average molecular weight is 466 g/mol. The van der Waals surface area contributed by atoms with E-state index in [1.54, 1.807) is 44.2 Å². The first-order valence-corrected chi connectivity index (χ1v) is 10.0. The van der Waals surface area contributed by atoms with Crippen molar-refractivity contribution in [1.29, 1.82) is 0 Å². The van der Waals surface area contributed by atoms with Gasteiger partial charge in [0.05, 0.1) is 22.9 Å². The number of hydrazone groups is 1. The van der Waals surface area contributed by atoms with E-state index >= 15 is 0 Å². The Morgan fingerprint density at radius 1 is 1.06 bits per heavy atom. The summed E-state index contributed by atoms with van der Waals surface area (Å²) < 4.78 is 10.4. The number of hydrogen-bond acceptors (Lipinski definition) is 6. The number of benzene rings is 2. The van der Waals surface area contributed by atoms with Crippen molar-refractivity contribution in [3.8, 4) is 5.75 Å². The highest BCUT2D eigenvalue weighted by Gasteiger charge is 2.15. The van der Waals surface area contributed by atoms with Crippen molar-refractivity contribution in [3.05, 3.63) is 58.1 Å². The van der Waals surface area contributed by atoms with E-state index in [2.05, 4.69) is 15.8 Å². The minimum Gasteiger partial charge on any atom is -0.479 e. The topological polar surface area (TPSA) is 106 Å². The quantitative estimate of drug-likeness (QED) is 0.253. The number of esters is 1. The number of carbonyl (C=O) groups is 3. The molecule has 0 aliphatic heterocycles. The maximum absolute atomic E-state index is 11.9. The highest BCUT2D eigenvalue weighted by molar-refractivity contribution is 6.42. The molecule has 0 spiro atoms. The first-order valence-electron chi connectivity index (χ1n) is 9.28. The second kappa shape index (κ2) is 11.9. The van der Waals surface area contributed by atoms with Gasteiger partial charge in [-0.2, -0.15) is 5.10 Å².